The van der Waals surface area contributed by atoms with Crippen LogP contribution >= 0.6 is 27.5 Å². The first-order valence-electron chi connectivity index (χ1n) is 5.15. The lowest BCUT2D eigenvalue weighted by atomic mass is 10.2. The molecule has 0 spiro atoms. The lowest BCUT2D eigenvalue weighted by molar-refractivity contribution is -0.130. The first kappa shape index (κ1) is 13.5. The molecule has 0 aliphatic heterocycles. The van der Waals surface area contributed by atoms with Crippen LogP contribution in [0.4, 0.5) is 0 Å². The first-order chi connectivity index (χ1) is 7.56. The Labute approximate surface area is 110 Å². The van der Waals surface area contributed by atoms with Crippen molar-refractivity contribution in [2.24, 2.45) is 0 Å². The predicted molar refractivity (Wildman–Crippen MR) is 70.5 cm³/mol. The summed E-state index contributed by atoms with van der Waals surface area (Å²) in [4.78, 5) is 13.4. The van der Waals surface area contributed by atoms with Crippen LogP contribution in [0, 0.1) is 0 Å². The largest absolute Gasteiger partial charge is 0.335 e. The first-order valence-corrected chi connectivity index (χ1v) is 6.48. The molecule has 0 aromatic heterocycles. The molecule has 0 saturated carbocycles. The highest BCUT2D eigenvalue weighted by molar-refractivity contribution is 9.10. The lowest BCUT2D eigenvalue weighted by Crippen LogP contribution is -2.37. The van der Waals surface area contributed by atoms with Crippen LogP contribution in [0.5, 0.6) is 0 Å². The third-order valence-electron chi connectivity index (χ3n) is 2.36. The van der Waals surface area contributed by atoms with Crippen LogP contribution in [0.2, 0.25) is 0 Å². The van der Waals surface area contributed by atoms with Gasteiger partial charge >= 0.3 is 0 Å². The Hall–Kier alpha value is -0.540. The van der Waals surface area contributed by atoms with Crippen molar-refractivity contribution in [2.75, 3.05) is 5.88 Å². The number of amides is 1. The summed E-state index contributed by atoms with van der Waals surface area (Å²) < 4.78 is 1.02. The average Bonchev–Trinajstić information content (AvgIpc) is 2.26. The minimum Gasteiger partial charge on any atom is -0.335 e. The van der Waals surface area contributed by atoms with Crippen molar-refractivity contribution in [3.8, 4) is 0 Å². The third kappa shape index (κ3) is 3.49. The van der Waals surface area contributed by atoms with Crippen LogP contribution in [-0.4, -0.2) is 22.7 Å². The monoisotopic (exact) mass is 303 g/mol. The van der Waals surface area contributed by atoms with E-state index in [0.29, 0.717) is 6.54 Å². The van der Waals surface area contributed by atoms with Crippen LogP contribution < -0.4 is 0 Å². The van der Waals surface area contributed by atoms with Crippen molar-refractivity contribution in [1.82, 2.24) is 4.90 Å². The maximum Gasteiger partial charge on any atom is 0.238 e. The van der Waals surface area contributed by atoms with Crippen LogP contribution in [-0.2, 0) is 11.3 Å². The second kappa shape index (κ2) is 6.26. The van der Waals surface area contributed by atoms with Gasteiger partial charge in [-0.1, -0.05) is 34.1 Å². The van der Waals surface area contributed by atoms with E-state index >= 15 is 0 Å². The van der Waals surface area contributed by atoms with E-state index in [1.165, 1.54) is 0 Å². The topological polar surface area (TPSA) is 20.3 Å². The normalized spacial score (nSPS) is 10.6. The van der Waals surface area contributed by atoms with E-state index < -0.39 is 0 Å². The molecule has 88 valence electrons. The Bertz CT molecular complexity index is 368. The molecule has 0 bridgehead atoms. The standard InChI is InChI=1S/C12H15BrClNO/c1-9(2)15(12(16)7-14)8-10-5-3-4-6-11(10)13/h3-6,9H,7-8H2,1-2H3. The summed E-state index contributed by atoms with van der Waals surface area (Å²) in [6.45, 7) is 4.56. The Morgan fingerprint density at radius 2 is 2.06 bits per heavy atom. The number of halogens is 2. The molecule has 0 saturated heterocycles. The number of hydrogen-bond acceptors (Lipinski definition) is 1. The van der Waals surface area contributed by atoms with Gasteiger partial charge in [-0.05, 0) is 25.5 Å². The molecular formula is C12H15BrClNO. The number of alkyl halides is 1. The SMILES string of the molecule is CC(C)N(Cc1ccccc1Br)C(=O)CCl. The third-order valence-corrected chi connectivity index (χ3v) is 3.36. The smallest absolute Gasteiger partial charge is 0.238 e. The highest BCUT2D eigenvalue weighted by Crippen LogP contribution is 2.19. The number of carbonyl (C=O) groups excluding carboxylic acids is 1. The molecule has 0 fully saturated rings. The molecule has 2 nitrogen and oxygen atoms in total. The number of carbonyl (C=O) groups is 1. The minimum absolute atomic E-state index is 0.0304. The molecule has 1 rings (SSSR count). The maximum absolute atomic E-state index is 11.6. The molecule has 0 radical (unpaired) electrons. The molecule has 1 aromatic rings. The molecule has 4 heteroatoms. The number of benzene rings is 1. The van der Waals surface area contributed by atoms with Crippen LogP contribution in [0.15, 0.2) is 28.7 Å². The van der Waals surface area contributed by atoms with E-state index in [9.17, 15) is 4.79 Å². The van der Waals surface area contributed by atoms with Gasteiger partial charge in [0.25, 0.3) is 0 Å². The summed E-state index contributed by atoms with van der Waals surface area (Å²) in [5, 5.41) is 0. The Morgan fingerprint density at radius 1 is 1.44 bits per heavy atom. The maximum atomic E-state index is 11.6. The summed E-state index contributed by atoms with van der Waals surface area (Å²) >= 11 is 9.07. The Morgan fingerprint density at radius 3 is 2.56 bits per heavy atom. The van der Waals surface area contributed by atoms with Gasteiger partial charge in [0, 0.05) is 17.1 Å². The average molecular weight is 305 g/mol. The number of hydrogen-bond donors (Lipinski definition) is 0. The molecule has 0 aliphatic rings. The molecule has 0 N–H and O–H groups in total. The van der Waals surface area contributed by atoms with Gasteiger partial charge in [-0.25, -0.2) is 0 Å². The Balaban J connectivity index is 2.84. The summed E-state index contributed by atoms with van der Waals surface area (Å²) in [5.74, 6) is -0.00441. The highest BCUT2D eigenvalue weighted by Gasteiger charge is 2.16. The van der Waals surface area contributed by atoms with Gasteiger partial charge in [0.1, 0.15) is 5.88 Å². The van der Waals surface area contributed by atoms with Gasteiger partial charge in [-0.2, -0.15) is 0 Å². The number of nitrogens with zero attached hydrogens (tertiary/aromatic N) is 1. The quantitative estimate of drug-likeness (QED) is 0.781. The van der Waals surface area contributed by atoms with Crippen molar-refractivity contribution < 1.29 is 4.79 Å². The summed E-state index contributed by atoms with van der Waals surface area (Å²) in [7, 11) is 0. The van der Waals surface area contributed by atoms with E-state index in [0.717, 1.165) is 10.0 Å². The molecule has 1 aromatic carbocycles. The molecule has 0 heterocycles. The van der Waals surface area contributed by atoms with Gasteiger partial charge in [-0.15, -0.1) is 11.6 Å². The zero-order valence-electron chi connectivity index (χ0n) is 9.41. The lowest BCUT2D eigenvalue weighted by Gasteiger charge is -2.26. The van der Waals surface area contributed by atoms with Crippen molar-refractivity contribution in [3.05, 3.63) is 34.3 Å². The van der Waals surface area contributed by atoms with Gasteiger partial charge in [0.15, 0.2) is 0 Å². The summed E-state index contributed by atoms with van der Waals surface area (Å²) in [6, 6.07) is 8.04. The highest BCUT2D eigenvalue weighted by atomic mass is 79.9. The fourth-order valence-corrected chi connectivity index (χ4v) is 2.01. The van der Waals surface area contributed by atoms with E-state index in [1.54, 1.807) is 4.90 Å². The molecule has 0 aliphatic carbocycles. The van der Waals surface area contributed by atoms with Crippen molar-refractivity contribution in [1.29, 1.82) is 0 Å². The van der Waals surface area contributed by atoms with Crippen molar-refractivity contribution >= 4 is 33.4 Å². The van der Waals surface area contributed by atoms with Gasteiger partial charge in [0.05, 0.1) is 0 Å². The number of rotatable bonds is 4. The molecular weight excluding hydrogens is 289 g/mol. The fraction of sp³-hybridized carbons (Fsp3) is 0.417. The van der Waals surface area contributed by atoms with Crippen LogP contribution in [0.3, 0.4) is 0 Å². The van der Waals surface area contributed by atoms with Gasteiger partial charge < -0.3 is 4.90 Å². The van der Waals surface area contributed by atoms with Crippen LogP contribution in [0.1, 0.15) is 19.4 Å². The Kier molecular flexibility index (Phi) is 5.29. The van der Waals surface area contributed by atoms with Gasteiger partial charge in [-0.3, -0.25) is 4.79 Å². The zero-order valence-corrected chi connectivity index (χ0v) is 11.8. The predicted octanol–water partition coefficient (Wildman–Crippen LogP) is 3.42. The summed E-state index contributed by atoms with van der Waals surface area (Å²) in [5.41, 5.74) is 1.09. The summed E-state index contributed by atoms with van der Waals surface area (Å²) in [6.07, 6.45) is 0. The zero-order chi connectivity index (χ0) is 12.1. The molecule has 16 heavy (non-hydrogen) atoms. The van der Waals surface area contributed by atoms with E-state index in [1.807, 2.05) is 38.1 Å². The van der Waals surface area contributed by atoms with Gasteiger partial charge in [0.2, 0.25) is 5.91 Å². The van der Waals surface area contributed by atoms with Crippen molar-refractivity contribution in [2.45, 2.75) is 26.4 Å². The second-order valence-electron chi connectivity index (χ2n) is 3.84. The van der Waals surface area contributed by atoms with Crippen molar-refractivity contribution in [3.63, 3.8) is 0 Å². The molecule has 0 unspecified atom stereocenters. The van der Waals surface area contributed by atoms with E-state index in [-0.39, 0.29) is 17.8 Å². The van der Waals surface area contributed by atoms with Crippen LogP contribution in [0.25, 0.3) is 0 Å². The van der Waals surface area contributed by atoms with E-state index in [4.69, 9.17) is 11.6 Å². The fourth-order valence-electron chi connectivity index (χ4n) is 1.45. The minimum atomic E-state index is -0.0348. The second-order valence-corrected chi connectivity index (χ2v) is 4.96. The molecule has 0 atom stereocenters. The van der Waals surface area contributed by atoms with E-state index in [2.05, 4.69) is 15.9 Å². The molecule has 1 amide bonds.